The molecule has 0 unspecified atom stereocenters. The molecule has 6 heteroatoms. The molecule has 0 atom stereocenters. The van der Waals surface area contributed by atoms with Gasteiger partial charge in [-0.1, -0.05) is 25.0 Å². The first-order chi connectivity index (χ1) is 13.1. The Bertz CT molecular complexity index is 1030. The molecular formula is C21H21N3O3. The maximum atomic E-state index is 13.4. The Balaban J connectivity index is 1.85. The van der Waals surface area contributed by atoms with E-state index in [1.165, 1.54) is 7.11 Å². The monoisotopic (exact) mass is 363 g/mol. The molecule has 0 aliphatic heterocycles. The van der Waals surface area contributed by atoms with Gasteiger partial charge in [0.15, 0.2) is 0 Å². The number of carbonyl (C=O) groups is 2. The van der Waals surface area contributed by atoms with Crippen LogP contribution in [0.5, 0.6) is 0 Å². The van der Waals surface area contributed by atoms with Crippen molar-refractivity contribution in [2.24, 2.45) is 0 Å². The molecule has 1 aliphatic carbocycles. The highest BCUT2D eigenvalue weighted by Crippen LogP contribution is 2.37. The van der Waals surface area contributed by atoms with Crippen molar-refractivity contribution in [1.82, 2.24) is 14.6 Å². The fraction of sp³-hybridized carbons (Fsp3) is 0.333. The zero-order chi connectivity index (χ0) is 19.0. The van der Waals surface area contributed by atoms with Gasteiger partial charge in [0.25, 0.3) is 0 Å². The number of ether oxygens (including phenoxy) is 1. The van der Waals surface area contributed by atoms with Gasteiger partial charge in [0.05, 0.1) is 23.9 Å². The minimum Gasteiger partial charge on any atom is -0.464 e. The standard InChI is InChI=1S/C21H21N3O3/c1-13-10-11-17-18(19(23-24(17)12-13)14-6-3-4-7-14)20(25)15-8-5-9-16(22-15)21(26)27-2/h5,8-12,14H,3-4,6-7H2,1-2H3. The Morgan fingerprint density at radius 1 is 1.11 bits per heavy atom. The number of aryl methyl sites for hydroxylation is 1. The molecule has 0 spiro atoms. The van der Waals surface area contributed by atoms with E-state index in [2.05, 4.69) is 4.98 Å². The summed E-state index contributed by atoms with van der Waals surface area (Å²) in [7, 11) is 1.30. The lowest BCUT2D eigenvalue weighted by Gasteiger charge is -2.08. The second-order valence-electron chi connectivity index (χ2n) is 7.01. The number of methoxy groups -OCH3 is 1. The summed E-state index contributed by atoms with van der Waals surface area (Å²) in [6.07, 6.45) is 6.32. The number of carbonyl (C=O) groups excluding carboxylic acids is 2. The summed E-state index contributed by atoms with van der Waals surface area (Å²) >= 11 is 0. The van der Waals surface area contributed by atoms with E-state index in [0.29, 0.717) is 5.56 Å². The van der Waals surface area contributed by atoms with Crippen molar-refractivity contribution in [3.8, 4) is 0 Å². The van der Waals surface area contributed by atoms with E-state index < -0.39 is 5.97 Å². The number of hydrogen-bond donors (Lipinski definition) is 0. The summed E-state index contributed by atoms with van der Waals surface area (Å²) < 4.78 is 6.51. The Hall–Kier alpha value is -3.02. The van der Waals surface area contributed by atoms with Crippen LogP contribution in [0.15, 0.2) is 36.5 Å². The van der Waals surface area contributed by atoms with Crippen LogP contribution < -0.4 is 0 Å². The SMILES string of the molecule is COC(=O)c1cccc(C(=O)c2c(C3CCCC3)nn3cc(C)ccc23)n1. The second kappa shape index (κ2) is 6.95. The Kier molecular flexibility index (Phi) is 4.48. The van der Waals surface area contributed by atoms with Gasteiger partial charge < -0.3 is 4.74 Å². The predicted molar refractivity (Wildman–Crippen MR) is 100 cm³/mol. The summed E-state index contributed by atoms with van der Waals surface area (Å²) in [5.41, 5.74) is 3.64. The zero-order valence-corrected chi connectivity index (χ0v) is 15.4. The molecule has 1 aliphatic rings. The maximum Gasteiger partial charge on any atom is 0.356 e. The first kappa shape index (κ1) is 17.4. The lowest BCUT2D eigenvalue weighted by atomic mass is 9.95. The molecule has 138 valence electrons. The van der Waals surface area contributed by atoms with Gasteiger partial charge in [0.2, 0.25) is 5.78 Å². The third-order valence-electron chi connectivity index (χ3n) is 5.15. The lowest BCUT2D eigenvalue weighted by molar-refractivity contribution is 0.0594. The molecule has 6 nitrogen and oxygen atoms in total. The van der Waals surface area contributed by atoms with Gasteiger partial charge in [-0.05, 0) is 43.5 Å². The second-order valence-corrected chi connectivity index (χ2v) is 7.01. The van der Waals surface area contributed by atoms with Crippen LogP contribution in [0, 0.1) is 6.92 Å². The van der Waals surface area contributed by atoms with Gasteiger partial charge in [0.1, 0.15) is 11.4 Å². The minimum absolute atomic E-state index is 0.123. The van der Waals surface area contributed by atoms with Crippen LogP contribution in [0.3, 0.4) is 0 Å². The Morgan fingerprint density at radius 3 is 2.59 bits per heavy atom. The average molecular weight is 363 g/mol. The van der Waals surface area contributed by atoms with Crippen LogP contribution in [-0.4, -0.2) is 33.5 Å². The van der Waals surface area contributed by atoms with E-state index in [-0.39, 0.29) is 23.1 Å². The van der Waals surface area contributed by atoms with Crippen LogP contribution in [0.2, 0.25) is 0 Å². The van der Waals surface area contributed by atoms with Crippen molar-refractivity contribution >= 4 is 17.3 Å². The molecule has 4 rings (SSSR count). The summed E-state index contributed by atoms with van der Waals surface area (Å²) in [6, 6.07) is 8.73. The third-order valence-corrected chi connectivity index (χ3v) is 5.15. The summed E-state index contributed by atoms with van der Waals surface area (Å²) in [5.74, 6) is -0.481. The molecule has 3 aromatic heterocycles. The number of esters is 1. The molecule has 3 aromatic rings. The molecule has 3 heterocycles. The molecule has 0 N–H and O–H groups in total. The number of ketones is 1. The highest BCUT2D eigenvalue weighted by atomic mass is 16.5. The summed E-state index contributed by atoms with van der Waals surface area (Å²) in [6.45, 7) is 2.00. The van der Waals surface area contributed by atoms with Crippen LogP contribution in [0.1, 0.15) is 69.4 Å². The van der Waals surface area contributed by atoms with E-state index in [0.717, 1.165) is 42.5 Å². The predicted octanol–water partition coefficient (Wildman–Crippen LogP) is 3.71. The van der Waals surface area contributed by atoms with Crippen molar-refractivity contribution in [3.05, 3.63) is 64.7 Å². The Labute approximate surface area is 157 Å². The van der Waals surface area contributed by atoms with Crippen LogP contribution in [-0.2, 0) is 4.74 Å². The van der Waals surface area contributed by atoms with E-state index in [9.17, 15) is 9.59 Å². The molecule has 27 heavy (non-hydrogen) atoms. The highest BCUT2D eigenvalue weighted by Gasteiger charge is 2.29. The Morgan fingerprint density at radius 2 is 1.85 bits per heavy atom. The number of nitrogens with zero attached hydrogens (tertiary/aromatic N) is 3. The van der Waals surface area contributed by atoms with Crippen molar-refractivity contribution in [2.75, 3.05) is 7.11 Å². The smallest absolute Gasteiger partial charge is 0.356 e. The van der Waals surface area contributed by atoms with Gasteiger partial charge in [0, 0.05) is 12.1 Å². The van der Waals surface area contributed by atoms with Crippen LogP contribution in [0.4, 0.5) is 0 Å². The van der Waals surface area contributed by atoms with Gasteiger partial charge in [-0.3, -0.25) is 4.79 Å². The molecule has 1 fully saturated rings. The van der Waals surface area contributed by atoms with E-state index >= 15 is 0 Å². The summed E-state index contributed by atoms with van der Waals surface area (Å²) in [4.78, 5) is 29.4. The first-order valence-corrected chi connectivity index (χ1v) is 9.17. The highest BCUT2D eigenvalue weighted by molar-refractivity contribution is 6.13. The number of pyridine rings is 2. The largest absolute Gasteiger partial charge is 0.464 e. The molecular weight excluding hydrogens is 342 g/mol. The quantitative estimate of drug-likeness (QED) is 0.522. The molecule has 0 amide bonds. The van der Waals surface area contributed by atoms with E-state index in [1.807, 2.05) is 25.3 Å². The number of rotatable bonds is 4. The number of fused-ring (bicyclic) bond motifs is 1. The van der Waals surface area contributed by atoms with Gasteiger partial charge in [-0.2, -0.15) is 5.10 Å². The molecule has 1 saturated carbocycles. The number of hydrogen-bond acceptors (Lipinski definition) is 5. The number of aromatic nitrogens is 3. The molecule has 0 bridgehead atoms. The van der Waals surface area contributed by atoms with Crippen LogP contribution >= 0.6 is 0 Å². The van der Waals surface area contributed by atoms with Crippen LogP contribution in [0.25, 0.3) is 5.52 Å². The molecule has 0 saturated heterocycles. The van der Waals surface area contributed by atoms with E-state index in [1.54, 1.807) is 22.7 Å². The zero-order valence-electron chi connectivity index (χ0n) is 15.4. The van der Waals surface area contributed by atoms with E-state index in [4.69, 9.17) is 9.84 Å². The average Bonchev–Trinajstić information content (AvgIpc) is 3.34. The third kappa shape index (κ3) is 3.12. The topological polar surface area (TPSA) is 73.6 Å². The van der Waals surface area contributed by atoms with Gasteiger partial charge in [-0.15, -0.1) is 0 Å². The molecule has 0 aromatic carbocycles. The first-order valence-electron chi connectivity index (χ1n) is 9.17. The van der Waals surface area contributed by atoms with Crippen molar-refractivity contribution in [2.45, 2.75) is 38.5 Å². The summed E-state index contributed by atoms with van der Waals surface area (Å²) in [5, 5.41) is 4.75. The normalized spacial score (nSPS) is 14.6. The van der Waals surface area contributed by atoms with Crippen molar-refractivity contribution < 1.29 is 14.3 Å². The fourth-order valence-corrected chi connectivity index (χ4v) is 3.80. The van der Waals surface area contributed by atoms with Crippen molar-refractivity contribution in [3.63, 3.8) is 0 Å². The van der Waals surface area contributed by atoms with Gasteiger partial charge in [-0.25, -0.2) is 14.3 Å². The van der Waals surface area contributed by atoms with Gasteiger partial charge >= 0.3 is 5.97 Å². The minimum atomic E-state index is -0.559. The fourth-order valence-electron chi connectivity index (χ4n) is 3.80. The van der Waals surface area contributed by atoms with Crippen molar-refractivity contribution in [1.29, 1.82) is 0 Å². The molecule has 0 radical (unpaired) electrons. The lowest BCUT2D eigenvalue weighted by Crippen LogP contribution is -2.12. The maximum absolute atomic E-state index is 13.4.